The first-order chi connectivity index (χ1) is 14.2. The number of aromatic nitrogens is 1. The highest BCUT2D eigenvalue weighted by Crippen LogP contribution is 2.35. The second kappa shape index (κ2) is 9.04. The molecule has 0 aliphatic carbocycles. The maximum absolute atomic E-state index is 11.8. The predicted octanol–water partition coefficient (Wildman–Crippen LogP) is 5.45. The average molecular weight is 426 g/mol. The number of thiazole rings is 1. The number of nitro benzene ring substituents is 1. The van der Waals surface area contributed by atoms with Crippen molar-refractivity contribution in [3.8, 4) is 21.8 Å². The fourth-order valence-electron chi connectivity index (χ4n) is 2.83. The topological polar surface area (TPSA) is 94.4 Å². The van der Waals surface area contributed by atoms with Gasteiger partial charge in [0.25, 0.3) is 5.69 Å². The van der Waals surface area contributed by atoms with E-state index in [-0.39, 0.29) is 5.69 Å². The van der Waals surface area contributed by atoms with Crippen molar-refractivity contribution in [1.82, 2.24) is 10.3 Å². The molecule has 1 heterocycles. The molecule has 0 aliphatic rings. The minimum Gasteiger partial charge on any atom is -0.444 e. The predicted molar refractivity (Wildman–Crippen MR) is 118 cm³/mol. The quantitative estimate of drug-likeness (QED) is 0.418. The molecule has 1 amide bonds. The van der Waals surface area contributed by atoms with Gasteiger partial charge in [0.2, 0.25) is 0 Å². The van der Waals surface area contributed by atoms with Crippen LogP contribution in [0.1, 0.15) is 26.3 Å². The van der Waals surface area contributed by atoms with Crippen LogP contribution in [0, 0.1) is 10.1 Å². The Labute approximate surface area is 178 Å². The lowest BCUT2D eigenvalue weighted by Gasteiger charge is -2.19. The number of ether oxygens (including phenoxy) is 1. The summed E-state index contributed by atoms with van der Waals surface area (Å²) in [6.07, 6.45) is 0.0262. The fourth-order valence-corrected chi connectivity index (χ4v) is 3.68. The van der Waals surface area contributed by atoms with Crippen molar-refractivity contribution >= 4 is 23.1 Å². The molecule has 0 atom stereocenters. The SMILES string of the molecule is CC(C)(C)OC(=O)NCCc1ccc([N+](=O)[O-])c(-c2nc(-c3ccccc3)cs2)c1. The third kappa shape index (κ3) is 5.64. The smallest absolute Gasteiger partial charge is 0.407 e. The summed E-state index contributed by atoms with van der Waals surface area (Å²) in [4.78, 5) is 27.5. The second-order valence-corrected chi connectivity index (χ2v) is 8.55. The summed E-state index contributed by atoms with van der Waals surface area (Å²) in [6.45, 7) is 5.76. The summed E-state index contributed by atoms with van der Waals surface area (Å²) in [5.74, 6) is 0. The van der Waals surface area contributed by atoms with Crippen LogP contribution < -0.4 is 5.32 Å². The zero-order valence-corrected chi connectivity index (χ0v) is 17.9. The first-order valence-corrected chi connectivity index (χ1v) is 10.4. The van der Waals surface area contributed by atoms with E-state index in [4.69, 9.17) is 4.74 Å². The molecule has 0 aliphatic heterocycles. The number of rotatable bonds is 6. The van der Waals surface area contributed by atoms with Crippen LogP contribution in [0.15, 0.2) is 53.9 Å². The highest BCUT2D eigenvalue weighted by atomic mass is 32.1. The van der Waals surface area contributed by atoms with Crippen LogP contribution in [-0.4, -0.2) is 28.1 Å². The van der Waals surface area contributed by atoms with Gasteiger partial charge < -0.3 is 10.1 Å². The van der Waals surface area contributed by atoms with Crippen molar-refractivity contribution in [2.45, 2.75) is 32.8 Å². The molecule has 1 N–H and O–H groups in total. The van der Waals surface area contributed by atoms with Crippen LogP contribution in [0.3, 0.4) is 0 Å². The number of nitrogens with zero attached hydrogens (tertiary/aromatic N) is 2. The molecular weight excluding hydrogens is 402 g/mol. The van der Waals surface area contributed by atoms with Gasteiger partial charge in [-0.2, -0.15) is 0 Å². The maximum Gasteiger partial charge on any atom is 0.407 e. The van der Waals surface area contributed by atoms with Crippen molar-refractivity contribution in [2.75, 3.05) is 6.54 Å². The standard InChI is InChI=1S/C22H23N3O4S/c1-22(2,3)29-21(26)23-12-11-15-9-10-19(25(27)28)17(13-15)20-24-18(14-30-20)16-7-5-4-6-8-16/h4-10,13-14H,11-12H2,1-3H3,(H,23,26). The van der Waals surface area contributed by atoms with Gasteiger partial charge in [-0.15, -0.1) is 11.3 Å². The summed E-state index contributed by atoms with van der Waals surface area (Å²) < 4.78 is 5.22. The van der Waals surface area contributed by atoms with E-state index >= 15 is 0 Å². The Morgan fingerprint density at radius 2 is 1.93 bits per heavy atom. The number of nitrogens with one attached hydrogen (secondary N) is 1. The Hall–Kier alpha value is -3.26. The van der Waals surface area contributed by atoms with E-state index in [0.29, 0.717) is 23.5 Å². The highest BCUT2D eigenvalue weighted by molar-refractivity contribution is 7.13. The van der Waals surface area contributed by atoms with Crippen LogP contribution in [0.5, 0.6) is 0 Å². The van der Waals surface area contributed by atoms with Gasteiger partial charge >= 0.3 is 6.09 Å². The Balaban J connectivity index is 1.78. The molecule has 0 spiro atoms. The average Bonchev–Trinajstić information content (AvgIpc) is 3.17. The molecule has 7 nitrogen and oxygen atoms in total. The van der Waals surface area contributed by atoms with Crippen molar-refractivity contribution in [3.63, 3.8) is 0 Å². The van der Waals surface area contributed by atoms with Gasteiger partial charge in [0, 0.05) is 23.6 Å². The minimum atomic E-state index is -0.564. The van der Waals surface area contributed by atoms with E-state index in [1.165, 1.54) is 17.4 Å². The fraction of sp³-hybridized carbons (Fsp3) is 0.273. The van der Waals surface area contributed by atoms with Crippen LogP contribution in [-0.2, 0) is 11.2 Å². The van der Waals surface area contributed by atoms with E-state index in [1.54, 1.807) is 32.9 Å². The number of nitro groups is 1. The van der Waals surface area contributed by atoms with Gasteiger partial charge in [0.05, 0.1) is 16.2 Å². The van der Waals surface area contributed by atoms with Crippen LogP contribution in [0.2, 0.25) is 0 Å². The largest absolute Gasteiger partial charge is 0.444 e. The summed E-state index contributed by atoms with van der Waals surface area (Å²) in [6, 6.07) is 14.6. The van der Waals surface area contributed by atoms with Crippen molar-refractivity contribution in [3.05, 3.63) is 69.6 Å². The lowest BCUT2D eigenvalue weighted by molar-refractivity contribution is -0.384. The van der Waals surface area contributed by atoms with Crippen LogP contribution in [0.25, 0.3) is 21.8 Å². The highest BCUT2D eigenvalue weighted by Gasteiger charge is 2.20. The molecule has 3 rings (SSSR count). The number of hydrogen-bond acceptors (Lipinski definition) is 6. The van der Waals surface area contributed by atoms with Crippen molar-refractivity contribution in [2.24, 2.45) is 0 Å². The Kier molecular flexibility index (Phi) is 6.47. The summed E-state index contributed by atoms with van der Waals surface area (Å²) in [7, 11) is 0. The van der Waals surface area contributed by atoms with Crippen LogP contribution in [0.4, 0.5) is 10.5 Å². The molecule has 30 heavy (non-hydrogen) atoms. The number of alkyl carbamates (subject to hydrolysis) is 1. The van der Waals surface area contributed by atoms with Gasteiger partial charge in [0.1, 0.15) is 10.6 Å². The Bertz CT molecular complexity index is 1040. The van der Waals surface area contributed by atoms with Gasteiger partial charge in [-0.05, 0) is 38.8 Å². The van der Waals surface area contributed by atoms with E-state index in [2.05, 4.69) is 10.3 Å². The summed E-state index contributed by atoms with van der Waals surface area (Å²) in [5.41, 5.74) is 2.52. The lowest BCUT2D eigenvalue weighted by atomic mass is 10.1. The molecule has 0 radical (unpaired) electrons. The molecule has 0 saturated heterocycles. The second-order valence-electron chi connectivity index (χ2n) is 7.69. The maximum atomic E-state index is 11.8. The van der Waals surface area contributed by atoms with Gasteiger partial charge in [-0.3, -0.25) is 10.1 Å². The lowest BCUT2D eigenvalue weighted by Crippen LogP contribution is -2.33. The number of benzene rings is 2. The molecule has 2 aromatic carbocycles. The van der Waals surface area contributed by atoms with Crippen molar-refractivity contribution in [1.29, 1.82) is 0 Å². The van der Waals surface area contributed by atoms with Gasteiger partial charge in [-0.25, -0.2) is 9.78 Å². The van der Waals surface area contributed by atoms with Crippen LogP contribution >= 0.6 is 11.3 Å². The monoisotopic (exact) mass is 425 g/mol. The number of carbonyl (C=O) groups is 1. The molecule has 1 aromatic heterocycles. The molecule has 0 unspecified atom stereocenters. The van der Waals surface area contributed by atoms with E-state index < -0.39 is 16.6 Å². The first kappa shape index (κ1) is 21.4. The third-order valence-corrected chi connectivity index (χ3v) is 5.02. The zero-order chi connectivity index (χ0) is 21.7. The minimum absolute atomic E-state index is 0.00723. The first-order valence-electron chi connectivity index (χ1n) is 9.48. The molecule has 0 saturated carbocycles. The summed E-state index contributed by atoms with van der Waals surface area (Å²) >= 11 is 1.37. The molecule has 3 aromatic rings. The number of hydrogen-bond donors (Lipinski definition) is 1. The van der Waals surface area contributed by atoms with Crippen molar-refractivity contribution < 1.29 is 14.5 Å². The van der Waals surface area contributed by atoms with E-state index in [9.17, 15) is 14.9 Å². The van der Waals surface area contributed by atoms with E-state index in [0.717, 1.165) is 16.8 Å². The molecule has 156 valence electrons. The third-order valence-electron chi connectivity index (χ3n) is 4.14. The Morgan fingerprint density at radius 1 is 1.20 bits per heavy atom. The number of carbonyl (C=O) groups excluding carboxylic acids is 1. The molecule has 8 heteroatoms. The van der Waals surface area contributed by atoms with E-state index in [1.807, 2.05) is 35.7 Å². The zero-order valence-electron chi connectivity index (χ0n) is 17.0. The Morgan fingerprint density at radius 3 is 2.60 bits per heavy atom. The van der Waals surface area contributed by atoms with Gasteiger partial charge in [0.15, 0.2) is 0 Å². The normalized spacial score (nSPS) is 11.2. The molecular formula is C22H23N3O4S. The molecule has 0 fully saturated rings. The number of amides is 1. The van der Waals surface area contributed by atoms with Gasteiger partial charge in [-0.1, -0.05) is 36.4 Å². The summed E-state index contributed by atoms with van der Waals surface area (Å²) in [5, 5.41) is 16.7. The molecule has 0 bridgehead atoms.